The number of nitrogens with zero attached hydrogens (tertiary/aromatic N) is 2. The summed E-state index contributed by atoms with van der Waals surface area (Å²) in [6, 6.07) is 1.29. The first-order valence-electron chi connectivity index (χ1n) is 10.1. The predicted octanol–water partition coefficient (Wildman–Crippen LogP) is 0.215. The minimum Gasteiger partial charge on any atom is -0.318 e. The van der Waals surface area contributed by atoms with Gasteiger partial charge in [-0.15, -0.1) is 0 Å². The Morgan fingerprint density at radius 1 is 1.35 bits per heavy atom. The Morgan fingerprint density at radius 2 is 2.03 bits per heavy atom. The van der Waals surface area contributed by atoms with Gasteiger partial charge in [0.1, 0.15) is 0 Å². The molecule has 34 heavy (non-hydrogen) atoms. The molecule has 0 unspecified atom stereocenters. The maximum atomic E-state index is 12.7. The monoisotopic (exact) mass is 513 g/mol. The third kappa shape index (κ3) is 5.70. The molecular weight excluding hydrogens is 489 g/mol. The minimum absolute atomic E-state index is 0.0250. The van der Waals surface area contributed by atoms with Gasteiger partial charge in [-0.25, -0.2) is 23.3 Å². The molecule has 0 bridgehead atoms. The fourth-order valence-corrected chi connectivity index (χ4v) is 4.59. The summed E-state index contributed by atoms with van der Waals surface area (Å²) < 4.78 is 39.0. The lowest BCUT2D eigenvalue weighted by molar-refractivity contribution is -0.131. The lowest BCUT2D eigenvalue weighted by atomic mass is 10.1. The summed E-state index contributed by atoms with van der Waals surface area (Å²) in [4.78, 5) is 43.6. The van der Waals surface area contributed by atoms with Gasteiger partial charge in [-0.05, 0) is 44.1 Å². The van der Waals surface area contributed by atoms with E-state index >= 15 is 0 Å². The summed E-state index contributed by atoms with van der Waals surface area (Å²) in [5, 5.41) is 8.90. The van der Waals surface area contributed by atoms with Gasteiger partial charge in [0.05, 0.1) is 18.6 Å². The molecule has 4 N–H and O–H groups in total. The second-order valence-electron chi connectivity index (χ2n) is 8.53. The van der Waals surface area contributed by atoms with E-state index in [1.54, 1.807) is 6.07 Å². The highest BCUT2D eigenvalue weighted by molar-refractivity contribution is 7.92. The maximum Gasteiger partial charge on any atom is 0.469 e. The number of rotatable bonds is 8. The van der Waals surface area contributed by atoms with Crippen LogP contribution in [0, 0.1) is 29.1 Å². The zero-order valence-corrected chi connectivity index (χ0v) is 20.1. The second kappa shape index (κ2) is 9.19. The smallest absolute Gasteiger partial charge is 0.318 e. The second-order valence-corrected chi connectivity index (χ2v) is 12.2. The number of hydrogen-bond acceptors (Lipinski definition) is 7. The first-order chi connectivity index (χ1) is 15.7. The average Bonchev–Trinajstić information content (AvgIpc) is 3.31. The van der Waals surface area contributed by atoms with Gasteiger partial charge in [-0.2, -0.15) is 0 Å². The van der Waals surface area contributed by atoms with E-state index in [4.69, 9.17) is 15.0 Å². The van der Waals surface area contributed by atoms with Crippen LogP contribution in [0.1, 0.15) is 37.4 Å². The number of phosphoric acid groups is 1. The average molecular weight is 513 g/mol. The van der Waals surface area contributed by atoms with Gasteiger partial charge in [-0.3, -0.25) is 19.1 Å². The van der Waals surface area contributed by atoms with E-state index in [1.165, 1.54) is 28.1 Å². The van der Waals surface area contributed by atoms with Crippen LogP contribution in [0.25, 0.3) is 0 Å². The van der Waals surface area contributed by atoms with Crippen molar-refractivity contribution < 1.29 is 42.1 Å². The van der Waals surface area contributed by atoms with Crippen molar-refractivity contribution in [3.8, 4) is 23.7 Å². The van der Waals surface area contributed by atoms with E-state index in [9.17, 15) is 22.6 Å². The zero-order valence-electron chi connectivity index (χ0n) is 18.4. The Labute approximate surface area is 196 Å². The van der Waals surface area contributed by atoms with Crippen LogP contribution in [0.4, 0.5) is 4.79 Å². The summed E-state index contributed by atoms with van der Waals surface area (Å²) in [5.41, 5.74) is 1.94. The molecule has 3 rings (SSSR count). The molecule has 14 heteroatoms. The van der Waals surface area contributed by atoms with Crippen molar-refractivity contribution in [2.24, 2.45) is 5.41 Å². The summed E-state index contributed by atoms with van der Waals surface area (Å²) in [7, 11) is -8.42. The molecule has 0 radical (unpaired) electrons. The number of fused-ring (bicyclic) bond motifs is 1. The third-order valence-electron chi connectivity index (χ3n) is 5.95. The van der Waals surface area contributed by atoms with Crippen LogP contribution < -0.4 is 5.48 Å². The van der Waals surface area contributed by atoms with E-state index in [0.29, 0.717) is 24.1 Å². The Bertz CT molecular complexity index is 1290. The van der Waals surface area contributed by atoms with E-state index in [2.05, 4.69) is 28.2 Å². The number of aromatic nitrogens is 1. The molecule has 0 spiro atoms. The standard InChI is InChI=1S/C20H24N3O9PS/c1-19(17(24)21-26,34(2,30)31)9-10-22-13-16-11-15(12-23(16)18(22)25)5-3-4-6-20(7-8-20)14-32-33(27,28)29/h11-12,26H,7-10,13-14H2,1-2H3,(H,21,24)(H2,27,28,29)/t19-/m1/s1. The third-order valence-corrected chi connectivity index (χ3v) is 8.44. The van der Waals surface area contributed by atoms with Crippen LogP contribution in [-0.2, 0) is 30.3 Å². The highest BCUT2D eigenvalue weighted by Crippen LogP contribution is 2.49. The molecular formula is C20H24N3O9PS. The quantitative estimate of drug-likeness (QED) is 0.164. The van der Waals surface area contributed by atoms with Crippen LogP contribution in [0.5, 0.6) is 0 Å². The van der Waals surface area contributed by atoms with Gasteiger partial charge >= 0.3 is 13.9 Å². The van der Waals surface area contributed by atoms with Crippen LogP contribution in [0.3, 0.4) is 0 Å². The van der Waals surface area contributed by atoms with Gasteiger partial charge in [0.15, 0.2) is 14.6 Å². The molecule has 1 aromatic heterocycles. The van der Waals surface area contributed by atoms with Crippen LogP contribution >= 0.6 is 7.82 Å². The first kappa shape index (κ1) is 26.0. The number of hydroxylamine groups is 1. The molecule has 2 amide bonds. The van der Waals surface area contributed by atoms with Crippen molar-refractivity contribution in [1.82, 2.24) is 14.9 Å². The van der Waals surface area contributed by atoms with Crippen molar-refractivity contribution in [3.05, 3.63) is 23.5 Å². The molecule has 1 atom stereocenters. The SMILES string of the molecule is C[C@@](CCN1Cc2cc(C#CC#CC3(COP(=O)(O)O)CC3)cn2C1=O)(C(=O)NO)S(C)(=O)=O. The van der Waals surface area contributed by atoms with Gasteiger partial charge < -0.3 is 14.7 Å². The van der Waals surface area contributed by atoms with Crippen molar-refractivity contribution in [1.29, 1.82) is 0 Å². The van der Waals surface area contributed by atoms with Crippen LogP contribution in [0.2, 0.25) is 0 Å². The fraction of sp³-hybridized carbons (Fsp3) is 0.500. The topological polar surface area (TPSA) is 175 Å². The first-order valence-corrected chi connectivity index (χ1v) is 13.5. The number of hydrogen-bond donors (Lipinski definition) is 4. The minimum atomic E-state index is -4.55. The van der Waals surface area contributed by atoms with Gasteiger partial charge in [0, 0.05) is 30.3 Å². The van der Waals surface area contributed by atoms with Crippen LogP contribution in [0.15, 0.2) is 12.3 Å². The number of sulfone groups is 1. The Kier molecular flexibility index (Phi) is 7.02. The number of amides is 2. The highest BCUT2D eigenvalue weighted by Gasteiger charge is 2.45. The van der Waals surface area contributed by atoms with Gasteiger partial charge in [-0.1, -0.05) is 11.8 Å². The lowest BCUT2D eigenvalue weighted by Crippen LogP contribution is -2.50. The van der Waals surface area contributed by atoms with Crippen molar-refractivity contribution in [2.75, 3.05) is 19.4 Å². The molecule has 1 fully saturated rings. The van der Waals surface area contributed by atoms with Crippen molar-refractivity contribution >= 4 is 29.6 Å². The Balaban J connectivity index is 1.62. The predicted molar refractivity (Wildman–Crippen MR) is 118 cm³/mol. The van der Waals surface area contributed by atoms with Crippen molar-refractivity contribution in [3.63, 3.8) is 0 Å². The number of carbonyl (C=O) groups is 2. The maximum absolute atomic E-state index is 12.7. The summed E-state index contributed by atoms with van der Waals surface area (Å²) in [6.07, 6.45) is 3.52. The molecule has 1 aliphatic carbocycles. The number of nitrogens with one attached hydrogen (secondary N) is 1. The Morgan fingerprint density at radius 3 is 2.56 bits per heavy atom. The number of carbonyl (C=O) groups excluding carboxylic acids is 2. The molecule has 1 aliphatic heterocycles. The number of phosphoric ester groups is 1. The molecule has 2 heterocycles. The summed E-state index contributed by atoms with van der Waals surface area (Å²) in [6.45, 7) is 1.18. The van der Waals surface area contributed by atoms with E-state index in [0.717, 1.165) is 6.26 Å². The molecule has 0 aromatic carbocycles. The van der Waals surface area contributed by atoms with Crippen LogP contribution in [-0.4, -0.2) is 69.0 Å². The lowest BCUT2D eigenvalue weighted by Gasteiger charge is -2.27. The summed E-state index contributed by atoms with van der Waals surface area (Å²) >= 11 is 0. The molecule has 1 saturated carbocycles. The largest absolute Gasteiger partial charge is 0.469 e. The summed E-state index contributed by atoms with van der Waals surface area (Å²) in [5.74, 6) is 9.92. The molecule has 184 valence electrons. The molecule has 1 aromatic rings. The normalized spacial score (nSPS) is 18.1. The molecule has 2 aliphatic rings. The Hall–Kier alpha value is -2.64. The van der Waals surface area contributed by atoms with Gasteiger partial charge in [0.2, 0.25) is 0 Å². The zero-order chi connectivity index (χ0) is 25.4. The van der Waals surface area contributed by atoms with E-state index in [-0.39, 0.29) is 26.1 Å². The fourth-order valence-electron chi connectivity index (χ4n) is 3.33. The highest BCUT2D eigenvalue weighted by atomic mass is 32.2. The van der Waals surface area contributed by atoms with Gasteiger partial charge in [0.25, 0.3) is 5.91 Å². The molecule has 12 nitrogen and oxygen atoms in total. The van der Waals surface area contributed by atoms with E-state index in [1.807, 2.05) is 0 Å². The molecule has 0 saturated heterocycles. The van der Waals surface area contributed by atoms with Crippen molar-refractivity contribution in [2.45, 2.75) is 37.5 Å². The van der Waals surface area contributed by atoms with E-state index < -0.39 is 39.8 Å².